The zero-order valence-corrected chi connectivity index (χ0v) is 10.8. The van der Waals surface area contributed by atoms with Crippen molar-refractivity contribution < 1.29 is 24.4 Å². The molecule has 4 N–H and O–H groups in total. The van der Waals surface area contributed by atoms with Crippen molar-refractivity contribution >= 4 is 0 Å². The van der Waals surface area contributed by atoms with Crippen molar-refractivity contribution in [2.45, 2.75) is 57.0 Å². The summed E-state index contributed by atoms with van der Waals surface area (Å²) in [6.07, 6.45) is -3.55. The summed E-state index contributed by atoms with van der Waals surface area (Å²) in [4.78, 5) is 0. The van der Waals surface area contributed by atoms with Gasteiger partial charge >= 0.3 is 0 Å². The molecule has 17 heavy (non-hydrogen) atoms. The fourth-order valence-corrected chi connectivity index (χ4v) is 1.73. The lowest BCUT2D eigenvalue weighted by Gasteiger charge is -2.26. The van der Waals surface area contributed by atoms with E-state index in [4.69, 9.17) is 19.9 Å². The Kier molecular flexibility index (Phi) is 4.88. The minimum atomic E-state index is -1.15. The molecule has 1 aliphatic rings. The van der Waals surface area contributed by atoms with Gasteiger partial charge in [-0.3, -0.25) is 0 Å². The van der Waals surface area contributed by atoms with Gasteiger partial charge in [0.05, 0.1) is 18.2 Å². The van der Waals surface area contributed by atoms with E-state index in [0.717, 1.165) is 0 Å². The van der Waals surface area contributed by atoms with Crippen LogP contribution in [0.1, 0.15) is 20.8 Å². The van der Waals surface area contributed by atoms with Crippen LogP contribution in [-0.4, -0.2) is 60.2 Å². The molecule has 0 unspecified atom stereocenters. The van der Waals surface area contributed by atoms with E-state index >= 15 is 0 Å². The van der Waals surface area contributed by atoms with Crippen molar-refractivity contribution in [1.82, 2.24) is 0 Å². The fourth-order valence-electron chi connectivity index (χ4n) is 1.73. The van der Waals surface area contributed by atoms with Gasteiger partial charge in [0, 0.05) is 7.11 Å². The Morgan fingerprint density at radius 2 is 1.94 bits per heavy atom. The topological polar surface area (TPSA) is 94.2 Å². The van der Waals surface area contributed by atoms with Gasteiger partial charge in [0.2, 0.25) is 0 Å². The van der Waals surface area contributed by atoms with E-state index in [1.807, 2.05) is 20.8 Å². The predicted octanol–water partition coefficient (Wildman–Crippen LogP) is -0.778. The second kappa shape index (κ2) is 5.60. The van der Waals surface area contributed by atoms with E-state index in [9.17, 15) is 10.2 Å². The van der Waals surface area contributed by atoms with Gasteiger partial charge in [-0.15, -0.1) is 0 Å². The third kappa shape index (κ3) is 3.87. The molecule has 5 atom stereocenters. The number of nitrogens with two attached hydrogens (primary N) is 1. The first-order valence-corrected chi connectivity index (χ1v) is 5.70. The highest BCUT2D eigenvalue weighted by Gasteiger charge is 2.45. The van der Waals surface area contributed by atoms with Gasteiger partial charge in [-0.1, -0.05) is 0 Å². The molecule has 0 amide bonds. The first-order chi connectivity index (χ1) is 7.76. The molecule has 6 heteroatoms. The maximum atomic E-state index is 9.87. The molecule has 0 saturated carbocycles. The molecule has 0 aromatic heterocycles. The van der Waals surface area contributed by atoms with Crippen LogP contribution in [0.4, 0.5) is 0 Å². The SMILES string of the molecule is CO[C@H]1[C@H](O)[C@H]([C@H](N)COC(C)(C)C)O[C@@H]1O. The van der Waals surface area contributed by atoms with Crippen molar-refractivity contribution in [1.29, 1.82) is 0 Å². The molecule has 1 aliphatic heterocycles. The van der Waals surface area contributed by atoms with Crippen molar-refractivity contribution in [3.05, 3.63) is 0 Å². The number of rotatable bonds is 4. The van der Waals surface area contributed by atoms with Gasteiger partial charge < -0.3 is 30.2 Å². The molecular formula is C11H23NO5. The number of ether oxygens (including phenoxy) is 3. The number of aliphatic hydroxyl groups is 2. The standard InChI is InChI=1S/C11H23NO5/c1-11(2,3)16-5-6(12)8-7(13)9(15-4)10(14)17-8/h6-10,13-14H,5,12H2,1-4H3/t6-,7-,8+,9+,10+/m1/s1. The molecule has 1 saturated heterocycles. The summed E-state index contributed by atoms with van der Waals surface area (Å²) in [7, 11) is 1.40. The zero-order chi connectivity index (χ0) is 13.2. The number of hydrogen-bond donors (Lipinski definition) is 3. The summed E-state index contributed by atoms with van der Waals surface area (Å²) in [5, 5.41) is 19.4. The number of methoxy groups -OCH3 is 1. The first kappa shape index (κ1) is 14.8. The van der Waals surface area contributed by atoms with Crippen molar-refractivity contribution in [2.75, 3.05) is 13.7 Å². The summed E-state index contributed by atoms with van der Waals surface area (Å²) in [5.74, 6) is 0. The van der Waals surface area contributed by atoms with Crippen LogP contribution in [0.15, 0.2) is 0 Å². The predicted molar refractivity (Wildman–Crippen MR) is 61.4 cm³/mol. The van der Waals surface area contributed by atoms with E-state index in [0.29, 0.717) is 0 Å². The van der Waals surface area contributed by atoms with Gasteiger partial charge in [0.15, 0.2) is 6.29 Å². The molecule has 1 heterocycles. The lowest BCUT2D eigenvalue weighted by Crippen LogP contribution is -2.47. The second-order valence-corrected chi connectivity index (χ2v) is 5.27. The molecule has 0 aromatic carbocycles. The van der Waals surface area contributed by atoms with Crippen LogP contribution in [0.5, 0.6) is 0 Å². The molecule has 102 valence electrons. The molecule has 0 aromatic rings. The molecule has 0 bridgehead atoms. The number of aliphatic hydroxyl groups excluding tert-OH is 2. The summed E-state index contributed by atoms with van der Waals surface area (Å²) in [5.41, 5.74) is 5.57. The fraction of sp³-hybridized carbons (Fsp3) is 1.00. The maximum Gasteiger partial charge on any atom is 0.184 e. The molecule has 6 nitrogen and oxygen atoms in total. The van der Waals surface area contributed by atoms with Gasteiger partial charge in [-0.25, -0.2) is 0 Å². The first-order valence-electron chi connectivity index (χ1n) is 5.70. The average Bonchev–Trinajstić information content (AvgIpc) is 2.49. The lowest BCUT2D eigenvalue weighted by atomic mass is 10.0. The van der Waals surface area contributed by atoms with E-state index in [1.165, 1.54) is 7.11 Å². The Hall–Kier alpha value is -0.240. The Morgan fingerprint density at radius 3 is 2.35 bits per heavy atom. The Labute approximate surface area is 102 Å². The quantitative estimate of drug-likeness (QED) is 0.605. The molecule has 0 aliphatic carbocycles. The summed E-state index contributed by atoms with van der Waals surface area (Å²) < 4.78 is 15.6. The van der Waals surface area contributed by atoms with Gasteiger partial charge in [-0.05, 0) is 20.8 Å². The monoisotopic (exact) mass is 249 g/mol. The third-order valence-electron chi connectivity index (χ3n) is 2.65. The highest BCUT2D eigenvalue weighted by atomic mass is 16.7. The summed E-state index contributed by atoms with van der Waals surface area (Å²) >= 11 is 0. The normalized spacial score (nSPS) is 36.2. The van der Waals surface area contributed by atoms with Gasteiger partial charge in [0.1, 0.15) is 18.3 Å². The highest BCUT2D eigenvalue weighted by molar-refractivity contribution is 4.92. The largest absolute Gasteiger partial charge is 0.387 e. The molecule has 1 rings (SSSR count). The smallest absolute Gasteiger partial charge is 0.184 e. The minimum Gasteiger partial charge on any atom is -0.387 e. The summed E-state index contributed by atoms with van der Waals surface area (Å²) in [6, 6.07) is -0.515. The van der Waals surface area contributed by atoms with Crippen LogP contribution in [0.2, 0.25) is 0 Å². The average molecular weight is 249 g/mol. The Balaban J connectivity index is 2.50. The van der Waals surface area contributed by atoms with Gasteiger partial charge in [0.25, 0.3) is 0 Å². The van der Waals surface area contributed by atoms with Crippen molar-refractivity contribution in [3.63, 3.8) is 0 Å². The van der Waals surface area contributed by atoms with Crippen LogP contribution in [0.25, 0.3) is 0 Å². The van der Waals surface area contributed by atoms with Crippen molar-refractivity contribution in [3.8, 4) is 0 Å². The van der Waals surface area contributed by atoms with Crippen LogP contribution in [0.3, 0.4) is 0 Å². The Morgan fingerprint density at radius 1 is 1.35 bits per heavy atom. The molecular weight excluding hydrogens is 226 g/mol. The highest BCUT2D eigenvalue weighted by Crippen LogP contribution is 2.24. The minimum absolute atomic E-state index is 0.244. The van der Waals surface area contributed by atoms with Crippen LogP contribution < -0.4 is 5.73 Å². The van der Waals surface area contributed by atoms with Crippen molar-refractivity contribution in [2.24, 2.45) is 5.73 Å². The Bertz CT molecular complexity index is 243. The van der Waals surface area contributed by atoms with E-state index in [1.54, 1.807) is 0 Å². The van der Waals surface area contributed by atoms with Crippen LogP contribution in [-0.2, 0) is 14.2 Å². The molecule has 1 fully saturated rings. The second-order valence-electron chi connectivity index (χ2n) is 5.27. The van der Waals surface area contributed by atoms with E-state index < -0.39 is 30.6 Å². The number of hydrogen-bond acceptors (Lipinski definition) is 6. The molecule has 0 radical (unpaired) electrons. The zero-order valence-electron chi connectivity index (χ0n) is 10.8. The lowest BCUT2D eigenvalue weighted by molar-refractivity contribution is -0.142. The van der Waals surface area contributed by atoms with E-state index in [-0.39, 0.29) is 12.2 Å². The van der Waals surface area contributed by atoms with E-state index in [2.05, 4.69) is 0 Å². The maximum absolute atomic E-state index is 9.87. The molecule has 0 spiro atoms. The van der Waals surface area contributed by atoms with Crippen LogP contribution >= 0.6 is 0 Å². The van der Waals surface area contributed by atoms with Crippen LogP contribution in [0, 0.1) is 0 Å². The third-order valence-corrected chi connectivity index (χ3v) is 2.65. The summed E-state index contributed by atoms with van der Waals surface area (Å²) in [6.45, 7) is 5.99. The van der Waals surface area contributed by atoms with Gasteiger partial charge in [-0.2, -0.15) is 0 Å².